The second-order valence-corrected chi connectivity index (χ2v) is 6.90. The van der Waals surface area contributed by atoms with Crippen molar-refractivity contribution in [3.05, 3.63) is 71.5 Å². The van der Waals surface area contributed by atoms with E-state index in [0.717, 1.165) is 32.0 Å². The fraction of sp³-hybridized carbons (Fsp3) is 0.429. The van der Waals surface area contributed by atoms with Gasteiger partial charge in [-0.05, 0) is 68.6 Å². The Balaban J connectivity index is 1.42. The molecule has 3 heteroatoms. The third kappa shape index (κ3) is 5.15. The summed E-state index contributed by atoms with van der Waals surface area (Å²) in [5.41, 5.74) is 2.58. The maximum atomic E-state index is 13.1. The van der Waals surface area contributed by atoms with E-state index in [1.807, 2.05) is 12.1 Å². The summed E-state index contributed by atoms with van der Waals surface area (Å²) in [5.74, 6) is 0.563. The molecule has 1 saturated carbocycles. The second-order valence-electron chi connectivity index (χ2n) is 6.90. The highest BCUT2D eigenvalue weighted by Crippen LogP contribution is 2.40. The second kappa shape index (κ2) is 8.41. The largest absolute Gasteiger partial charge is 0.310 e. The molecule has 1 aliphatic carbocycles. The Labute approximate surface area is 144 Å². The third-order valence-corrected chi connectivity index (χ3v) is 4.70. The van der Waals surface area contributed by atoms with Gasteiger partial charge in [0, 0.05) is 12.6 Å². The van der Waals surface area contributed by atoms with Crippen LogP contribution < -0.4 is 5.32 Å². The van der Waals surface area contributed by atoms with Gasteiger partial charge < -0.3 is 10.2 Å². The van der Waals surface area contributed by atoms with Crippen LogP contribution in [-0.2, 0) is 6.54 Å². The van der Waals surface area contributed by atoms with Crippen molar-refractivity contribution in [1.29, 1.82) is 0 Å². The van der Waals surface area contributed by atoms with E-state index in [1.165, 1.54) is 24.0 Å². The van der Waals surface area contributed by atoms with Gasteiger partial charge in [0.05, 0.1) is 0 Å². The van der Waals surface area contributed by atoms with Crippen LogP contribution >= 0.6 is 0 Å². The van der Waals surface area contributed by atoms with Crippen LogP contribution in [0.5, 0.6) is 0 Å². The normalized spacial score (nSPS) is 15.6. The Hall–Kier alpha value is -1.71. The van der Waals surface area contributed by atoms with Gasteiger partial charge in [0.25, 0.3) is 0 Å². The number of rotatable bonds is 9. The topological polar surface area (TPSA) is 15.3 Å². The maximum absolute atomic E-state index is 13.1. The minimum Gasteiger partial charge on any atom is -0.310 e. The highest BCUT2D eigenvalue weighted by Gasteiger charge is 2.31. The zero-order chi connectivity index (χ0) is 16.8. The van der Waals surface area contributed by atoms with E-state index in [9.17, 15) is 4.39 Å². The highest BCUT2D eigenvalue weighted by molar-refractivity contribution is 5.22. The van der Waals surface area contributed by atoms with Gasteiger partial charge in [0.1, 0.15) is 5.82 Å². The van der Waals surface area contributed by atoms with Gasteiger partial charge in [-0.15, -0.1) is 0 Å². The lowest BCUT2D eigenvalue weighted by atomic mass is 10.0. The molecule has 0 saturated heterocycles. The van der Waals surface area contributed by atoms with Gasteiger partial charge in [-0.1, -0.05) is 42.5 Å². The lowest BCUT2D eigenvalue weighted by Gasteiger charge is -2.21. The number of nitrogens with one attached hydrogen (secondary N) is 1. The summed E-state index contributed by atoms with van der Waals surface area (Å²) in [5, 5.41) is 3.69. The number of benzene rings is 2. The standard InChI is InChI=1S/C21H27FN2/c1-24(16-17-6-3-2-4-7-17)15-5-14-23-21(18-8-9-18)19-10-12-20(22)13-11-19/h2-4,6-7,10-13,18,21,23H,5,8-9,14-16H2,1H3. The van der Waals surface area contributed by atoms with Crippen LogP contribution in [0.4, 0.5) is 4.39 Å². The van der Waals surface area contributed by atoms with Crippen molar-refractivity contribution in [3.63, 3.8) is 0 Å². The van der Waals surface area contributed by atoms with Crippen molar-refractivity contribution in [1.82, 2.24) is 10.2 Å². The summed E-state index contributed by atoms with van der Waals surface area (Å²) in [7, 11) is 2.17. The molecule has 1 aliphatic rings. The summed E-state index contributed by atoms with van der Waals surface area (Å²) >= 11 is 0. The van der Waals surface area contributed by atoms with Gasteiger partial charge in [-0.2, -0.15) is 0 Å². The number of halogens is 1. The van der Waals surface area contributed by atoms with Crippen LogP contribution in [0, 0.1) is 11.7 Å². The smallest absolute Gasteiger partial charge is 0.123 e. The summed E-state index contributed by atoms with van der Waals surface area (Å²) in [6.07, 6.45) is 3.68. The predicted octanol–water partition coefficient (Wildman–Crippen LogP) is 4.39. The molecule has 0 bridgehead atoms. The Morgan fingerprint density at radius 2 is 1.79 bits per heavy atom. The van der Waals surface area contributed by atoms with Gasteiger partial charge in [0.2, 0.25) is 0 Å². The van der Waals surface area contributed by atoms with Crippen molar-refractivity contribution >= 4 is 0 Å². The monoisotopic (exact) mass is 326 g/mol. The molecule has 0 heterocycles. The molecule has 2 aromatic rings. The summed E-state index contributed by atoms with van der Waals surface area (Å²) in [6, 6.07) is 17.9. The number of hydrogen-bond donors (Lipinski definition) is 1. The van der Waals surface area contributed by atoms with Crippen LogP contribution in [0.3, 0.4) is 0 Å². The summed E-state index contributed by atoms with van der Waals surface area (Å²) in [4.78, 5) is 2.36. The van der Waals surface area contributed by atoms with Crippen LogP contribution in [-0.4, -0.2) is 25.0 Å². The third-order valence-electron chi connectivity index (χ3n) is 4.70. The molecule has 128 valence electrons. The molecular weight excluding hydrogens is 299 g/mol. The SMILES string of the molecule is CN(CCCNC(c1ccc(F)cc1)C1CC1)Cc1ccccc1. The van der Waals surface area contributed by atoms with E-state index in [0.29, 0.717) is 6.04 Å². The zero-order valence-electron chi connectivity index (χ0n) is 14.4. The minimum absolute atomic E-state index is 0.157. The average molecular weight is 326 g/mol. The molecule has 2 aromatic carbocycles. The predicted molar refractivity (Wildman–Crippen MR) is 97.3 cm³/mol. The van der Waals surface area contributed by atoms with Crippen molar-refractivity contribution in [2.45, 2.75) is 31.8 Å². The lowest BCUT2D eigenvalue weighted by molar-refractivity contribution is 0.314. The first-order chi connectivity index (χ1) is 11.7. The van der Waals surface area contributed by atoms with Crippen LogP contribution in [0.1, 0.15) is 36.4 Å². The van der Waals surface area contributed by atoms with Crippen LogP contribution in [0.25, 0.3) is 0 Å². The number of nitrogens with zero attached hydrogens (tertiary/aromatic N) is 1. The quantitative estimate of drug-likeness (QED) is 0.688. The molecule has 1 fully saturated rings. The van der Waals surface area contributed by atoms with E-state index < -0.39 is 0 Å². The summed E-state index contributed by atoms with van der Waals surface area (Å²) in [6.45, 7) is 3.06. The molecule has 2 nitrogen and oxygen atoms in total. The Morgan fingerprint density at radius 1 is 1.08 bits per heavy atom. The van der Waals surface area contributed by atoms with E-state index in [1.54, 1.807) is 12.1 Å². The number of hydrogen-bond acceptors (Lipinski definition) is 2. The van der Waals surface area contributed by atoms with E-state index in [4.69, 9.17) is 0 Å². The van der Waals surface area contributed by atoms with E-state index in [2.05, 4.69) is 47.6 Å². The fourth-order valence-corrected chi connectivity index (χ4v) is 3.24. The lowest BCUT2D eigenvalue weighted by Crippen LogP contribution is -2.27. The van der Waals surface area contributed by atoms with E-state index in [-0.39, 0.29) is 5.82 Å². The van der Waals surface area contributed by atoms with Crippen LogP contribution in [0.2, 0.25) is 0 Å². The van der Waals surface area contributed by atoms with Crippen molar-refractivity contribution in [2.24, 2.45) is 5.92 Å². The molecular formula is C21H27FN2. The van der Waals surface area contributed by atoms with Crippen molar-refractivity contribution in [3.8, 4) is 0 Å². The molecule has 0 radical (unpaired) electrons. The van der Waals surface area contributed by atoms with Crippen LogP contribution in [0.15, 0.2) is 54.6 Å². The molecule has 0 aliphatic heterocycles. The molecule has 0 aromatic heterocycles. The average Bonchev–Trinajstić information content (AvgIpc) is 3.42. The Morgan fingerprint density at radius 3 is 2.46 bits per heavy atom. The van der Waals surface area contributed by atoms with Gasteiger partial charge in [-0.25, -0.2) is 4.39 Å². The van der Waals surface area contributed by atoms with Gasteiger partial charge in [-0.3, -0.25) is 0 Å². The molecule has 1 unspecified atom stereocenters. The highest BCUT2D eigenvalue weighted by atomic mass is 19.1. The van der Waals surface area contributed by atoms with Gasteiger partial charge in [0.15, 0.2) is 0 Å². The van der Waals surface area contributed by atoms with E-state index >= 15 is 0 Å². The molecule has 1 atom stereocenters. The first-order valence-corrected chi connectivity index (χ1v) is 8.93. The first kappa shape index (κ1) is 17.1. The maximum Gasteiger partial charge on any atom is 0.123 e. The molecule has 3 rings (SSSR count). The molecule has 0 spiro atoms. The zero-order valence-corrected chi connectivity index (χ0v) is 14.4. The molecule has 0 amide bonds. The first-order valence-electron chi connectivity index (χ1n) is 8.93. The van der Waals surface area contributed by atoms with Gasteiger partial charge >= 0.3 is 0 Å². The Kier molecular flexibility index (Phi) is 6.00. The summed E-state index contributed by atoms with van der Waals surface area (Å²) < 4.78 is 13.1. The van der Waals surface area contributed by atoms with Crippen molar-refractivity contribution < 1.29 is 4.39 Å². The Bertz CT molecular complexity index is 607. The molecule has 24 heavy (non-hydrogen) atoms. The molecule has 1 N–H and O–H groups in total. The van der Waals surface area contributed by atoms with Crippen molar-refractivity contribution in [2.75, 3.05) is 20.1 Å². The minimum atomic E-state index is -0.157. The fourth-order valence-electron chi connectivity index (χ4n) is 3.24.